The van der Waals surface area contributed by atoms with Gasteiger partial charge in [0.1, 0.15) is 23.4 Å². The van der Waals surface area contributed by atoms with Gasteiger partial charge in [-0.3, -0.25) is 0 Å². The van der Waals surface area contributed by atoms with Crippen molar-refractivity contribution < 1.29 is 14.9 Å². The van der Waals surface area contributed by atoms with Crippen LogP contribution in [0.1, 0.15) is 5.56 Å². The molecule has 1 heterocycles. The van der Waals surface area contributed by atoms with Gasteiger partial charge in [-0.2, -0.15) is 0 Å². The minimum Gasteiger partial charge on any atom is -0.508 e. The summed E-state index contributed by atoms with van der Waals surface area (Å²) in [5, 5.41) is 19.2. The highest BCUT2D eigenvalue weighted by Crippen LogP contribution is 2.35. The smallest absolute Gasteiger partial charge is 0.137 e. The predicted molar refractivity (Wildman–Crippen MR) is 59.8 cm³/mol. The summed E-state index contributed by atoms with van der Waals surface area (Å²) in [5.41, 5.74) is 1.61. The van der Waals surface area contributed by atoms with Crippen LogP contribution < -0.4 is 4.74 Å². The molecule has 0 spiro atoms. The fraction of sp³-hybridized carbons (Fsp3) is 0.0769. The predicted octanol–water partition coefficient (Wildman–Crippen LogP) is 2.16. The molecule has 1 unspecified atom stereocenters. The van der Waals surface area contributed by atoms with E-state index in [1.165, 1.54) is 12.2 Å². The van der Waals surface area contributed by atoms with Crippen molar-refractivity contribution in [2.75, 3.05) is 0 Å². The quantitative estimate of drug-likeness (QED) is 0.695. The van der Waals surface area contributed by atoms with Gasteiger partial charge in [0.25, 0.3) is 0 Å². The van der Waals surface area contributed by atoms with Crippen molar-refractivity contribution in [2.45, 2.75) is 6.10 Å². The third-order valence-electron chi connectivity index (χ3n) is 2.66. The van der Waals surface area contributed by atoms with Crippen LogP contribution >= 0.6 is 0 Å². The van der Waals surface area contributed by atoms with E-state index in [1.54, 1.807) is 0 Å². The molecule has 0 saturated heterocycles. The molecule has 1 aromatic carbocycles. The standard InChI is InChI=1S/C13H10O3/c14-9-6-11(15)10-5-8-3-1-2-4-12(8)16-13(10)7-9/h1-7,11,14-15H. The van der Waals surface area contributed by atoms with Crippen LogP contribution in [0.4, 0.5) is 0 Å². The Morgan fingerprint density at radius 3 is 2.81 bits per heavy atom. The first-order valence-corrected chi connectivity index (χ1v) is 5.03. The summed E-state index contributed by atoms with van der Waals surface area (Å²) < 4.78 is 5.61. The van der Waals surface area contributed by atoms with E-state index < -0.39 is 6.10 Å². The summed E-state index contributed by atoms with van der Waals surface area (Å²) in [4.78, 5) is 0. The minimum absolute atomic E-state index is 0.0269. The third-order valence-corrected chi connectivity index (χ3v) is 2.66. The molecule has 16 heavy (non-hydrogen) atoms. The lowest BCUT2D eigenvalue weighted by Gasteiger charge is -2.25. The van der Waals surface area contributed by atoms with Crippen molar-refractivity contribution in [1.82, 2.24) is 0 Å². The summed E-state index contributed by atoms with van der Waals surface area (Å²) in [7, 11) is 0. The molecule has 0 radical (unpaired) electrons. The molecule has 0 aromatic heterocycles. The highest BCUT2D eigenvalue weighted by Gasteiger charge is 2.25. The van der Waals surface area contributed by atoms with E-state index in [9.17, 15) is 10.2 Å². The molecule has 2 aliphatic rings. The lowest BCUT2D eigenvalue weighted by molar-refractivity contribution is 0.239. The molecule has 1 aromatic rings. The molecule has 3 nitrogen and oxygen atoms in total. The van der Waals surface area contributed by atoms with Gasteiger partial charge in [-0.25, -0.2) is 0 Å². The normalized spacial score (nSPS) is 22.1. The number of aliphatic hydroxyl groups is 2. The van der Waals surface area contributed by atoms with Crippen molar-refractivity contribution in [3.05, 3.63) is 59.1 Å². The zero-order valence-electron chi connectivity index (χ0n) is 8.42. The Morgan fingerprint density at radius 1 is 1.12 bits per heavy atom. The summed E-state index contributed by atoms with van der Waals surface area (Å²) >= 11 is 0. The van der Waals surface area contributed by atoms with Gasteiger partial charge in [-0.1, -0.05) is 18.2 Å². The number of rotatable bonds is 0. The zero-order chi connectivity index (χ0) is 11.1. The number of para-hydroxylation sites is 1. The second-order valence-electron chi connectivity index (χ2n) is 3.78. The number of benzene rings is 1. The number of allylic oxidation sites excluding steroid dienone is 1. The Morgan fingerprint density at radius 2 is 1.94 bits per heavy atom. The van der Waals surface area contributed by atoms with Gasteiger partial charge in [0.05, 0.1) is 0 Å². The maximum atomic E-state index is 9.77. The second kappa shape index (κ2) is 3.25. The van der Waals surface area contributed by atoms with Gasteiger partial charge >= 0.3 is 0 Å². The number of fused-ring (bicyclic) bond motifs is 2. The van der Waals surface area contributed by atoms with Gasteiger partial charge in [-0.15, -0.1) is 0 Å². The highest BCUT2D eigenvalue weighted by molar-refractivity contribution is 5.69. The van der Waals surface area contributed by atoms with Crippen LogP contribution in [0.25, 0.3) is 6.08 Å². The monoisotopic (exact) mass is 214 g/mol. The minimum atomic E-state index is -0.812. The number of hydrogen-bond acceptors (Lipinski definition) is 3. The Hall–Kier alpha value is -2.00. The van der Waals surface area contributed by atoms with E-state index in [-0.39, 0.29) is 5.76 Å². The second-order valence-corrected chi connectivity index (χ2v) is 3.78. The van der Waals surface area contributed by atoms with Crippen LogP contribution in [0.15, 0.2) is 53.5 Å². The Labute approximate surface area is 92.6 Å². The van der Waals surface area contributed by atoms with E-state index in [1.807, 2.05) is 30.3 Å². The van der Waals surface area contributed by atoms with E-state index >= 15 is 0 Å². The third kappa shape index (κ3) is 1.33. The maximum Gasteiger partial charge on any atom is 0.137 e. The van der Waals surface area contributed by atoms with Crippen molar-refractivity contribution in [3.63, 3.8) is 0 Å². The van der Waals surface area contributed by atoms with Crippen molar-refractivity contribution in [3.8, 4) is 5.75 Å². The Kier molecular flexibility index (Phi) is 1.88. The summed E-state index contributed by atoms with van der Waals surface area (Å²) in [6, 6.07) is 7.57. The van der Waals surface area contributed by atoms with Crippen LogP contribution in [0.5, 0.6) is 5.75 Å². The average Bonchev–Trinajstić information content (AvgIpc) is 2.27. The summed E-state index contributed by atoms with van der Waals surface area (Å²) in [6.45, 7) is 0. The average molecular weight is 214 g/mol. The first-order chi connectivity index (χ1) is 7.74. The topological polar surface area (TPSA) is 49.7 Å². The van der Waals surface area contributed by atoms with Crippen LogP contribution in [-0.2, 0) is 0 Å². The fourth-order valence-electron chi connectivity index (χ4n) is 1.89. The molecule has 1 atom stereocenters. The highest BCUT2D eigenvalue weighted by atomic mass is 16.5. The van der Waals surface area contributed by atoms with Gasteiger partial charge < -0.3 is 14.9 Å². The van der Waals surface area contributed by atoms with Crippen LogP contribution in [0.3, 0.4) is 0 Å². The number of ether oxygens (including phenoxy) is 1. The number of aliphatic hydroxyl groups excluding tert-OH is 2. The van der Waals surface area contributed by atoms with Crippen LogP contribution in [-0.4, -0.2) is 16.3 Å². The molecule has 2 N–H and O–H groups in total. The Balaban J connectivity index is 2.14. The van der Waals surface area contributed by atoms with Crippen molar-refractivity contribution in [2.24, 2.45) is 0 Å². The fourth-order valence-corrected chi connectivity index (χ4v) is 1.89. The molecule has 1 aliphatic carbocycles. The molecule has 0 bridgehead atoms. The van der Waals surface area contributed by atoms with Crippen LogP contribution in [0.2, 0.25) is 0 Å². The molecule has 1 aliphatic heterocycles. The first kappa shape index (κ1) is 9.24. The number of hydrogen-bond donors (Lipinski definition) is 2. The lowest BCUT2D eigenvalue weighted by atomic mass is 9.96. The lowest BCUT2D eigenvalue weighted by Crippen LogP contribution is -2.19. The summed E-state index contributed by atoms with van der Waals surface area (Å²) in [5.74, 6) is 1.27. The maximum absolute atomic E-state index is 9.77. The zero-order valence-corrected chi connectivity index (χ0v) is 8.42. The molecule has 80 valence electrons. The van der Waals surface area contributed by atoms with E-state index in [2.05, 4.69) is 0 Å². The Bertz CT molecular complexity index is 538. The molecular weight excluding hydrogens is 204 g/mol. The van der Waals surface area contributed by atoms with E-state index in [0.717, 1.165) is 11.3 Å². The SMILES string of the molecule is OC1=CC(O)C2=Cc3ccccc3OC2=C1. The van der Waals surface area contributed by atoms with E-state index in [0.29, 0.717) is 11.3 Å². The van der Waals surface area contributed by atoms with Crippen molar-refractivity contribution in [1.29, 1.82) is 0 Å². The van der Waals surface area contributed by atoms with E-state index in [4.69, 9.17) is 4.74 Å². The molecule has 0 amide bonds. The van der Waals surface area contributed by atoms with Crippen LogP contribution in [0, 0.1) is 0 Å². The largest absolute Gasteiger partial charge is 0.508 e. The first-order valence-electron chi connectivity index (χ1n) is 5.03. The van der Waals surface area contributed by atoms with Crippen molar-refractivity contribution >= 4 is 6.08 Å². The molecule has 0 saturated carbocycles. The molecule has 0 fully saturated rings. The van der Waals surface area contributed by atoms with Gasteiger partial charge in [0.2, 0.25) is 0 Å². The summed E-state index contributed by atoms with van der Waals surface area (Å²) in [6.07, 6.45) is 3.95. The van der Waals surface area contributed by atoms with Gasteiger partial charge in [0.15, 0.2) is 0 Å². The molecular formula is C13H10O3. The molecule has 3 rings (SSSR count). The van der Waals surface area contributed by atoms with Gasteiger partial charge in [-0.05, 0) is 18.2 Å². The van der Waals surface area contributed by atoms with Gasteiger partial charge in [0, 0.05) is 17.2 Å². The molecule has 3 heteroatoms.